The van der Waals surface area contributed by atoms with Gasteiger partial charge in [0, 0.05) is 12.2 Å². The van der Waals surface area contributed by atoms with Crippen molar-refractivity contribution in [2.75, 3.05) is 5.75 Å². The first kappa shape index (κ1) is 28.6. The van der Waals surface area contributed by atoms with Gasteiger partial charge < -0.3 is 37.6 Å². The van der Waals surface area contributed by atoms with Crippen molar-refractivity contribution >= 4 is 42.2 Å². The number of hydrogen-bond donors (Lipinski definition) is 8. The molecule has 31 heavy (non-hydrogen) atoms. The van der Waals surface area contributed by atoms with Crippen molar-refractivity contribution < 1.29 is 34.2 Å². The minimum Gasteiger partial charge on any atom is -0.480 e. The minimum absolute atomic E-state index is 0.0303. The summed E-state index contributed by atoms with van der Waals surface area (Å²) in [6, 6.07) is -4.93. The van der Waals surface area contributed by atoms with E-state index in [0.717, 1.165) is 0 Å². The summed E-state index contributed by atoms with van der Waals surface area (Å²) in [7, 11) is 0. The number of carboxylic acid groups (broad SMARTS) is 1. The van der Waals surface area contributed by atoms with Gasteiger partial charge in [-0.15, -0.1) is 0 Å². The van der Waals surface area contributed by atoms with Crippen LogP contribution in [0.5, 0.6) is 0 Å². The molecule has 0 aromatic rings. The summed E-state index contributed by atoms with van der Waals surface area (Å²) in [5, 5.41) is 25.7. The number of nitrogens with two attached hydrogens (primary N) is 2. The Balaban J connectivity index is 5.49. The van der Waals surface area contributed by atoms with Crippen LogP contribution in [0.15, 0.2) is 0 Å². The summed E-state index contributed by atoms with van der Waals surface area (Å²) < 4.78 is 0. The lowest BCUT2D eigenvalue weighted by Gasteiger charge is -2.26. The van der Waals surface area contributed by atoms with E-state index in [1.54, 1.807) is 0 Å². The van der Waals surface area contributed by atoms with Crippen molar-refractivity contribution in [2.24, 2.45) is 17.4 Å². The van der Waals surface area contributed by atoms with Crippen LogP contribution in [-0.2, 0) is 24.0 Å². The Bertz CT molecular complexity index is 659. The number of primary amides is 1. The number of aliphatic carboxylic acids is 1. The lowest BCUT2D eigenvalue weighted by Crippen LogP contribution is -2.58. The first-order valence-corrected chi connectivity index (χ1v) is 10.4. The molecule has 9 N–H and O–H groups in total. The van der Waals surface area contributed by atoms with Crippen molar-refractivity contribution in [2.45, 2.75) is 70.3 Å². The van der Waals surface area contributed by atoms with Gasteiger partial charge in [0.15, 0.2) is 0 Å². The van der Waals surface area contributed by atoms with Gasteiger partial charge in [0.1, 0.15) is 24.2 Å². The number of carbonyl (C=O) groups is 5. The Hall–Kier alpha value is -2.38. The van der Waals surface area contributed by atoms with E-state index in [-0.39, 0.29) is 30.9 Å². The second kappa shape index (κ2) is 13.8. The van der Waals surface area contributed by atoms with Gasteiger partial charge in [0.2, 0.25) is 23.6 Å². The average molecular weight is 464 g/mol. The topological polar surface area (TPSA) is 214 Å². The Morgan fingerprint density at radius 1 is 0.903 bits per heavy atom. The standard InChI is InChI=1S/C18H33N5O7S/c1-8(2)6-11(22-17(28)14(20)9(3)24)16(27)21-10(4-5-13(19)25)15(26)23-12(7-31)18(29)30/h8-12,14,24,31H,4-7,20H2,1-3H3,(H2,19,25)(H,21,27)(H,22,28)(H,23,26)(H,29,30). The maximum absolute atomic E-state index is 12.8. The number of thiol groups is 1. The largest absolute Gasteiger partial charge is 0.480 e. The summed E-state index contributed by atoms with van der Waals surface area (Å²) in [5.74, 6) is -4.59. The molecule has 13 heteroatoms. The number of aliphatic hydroxyl groups excluding tert-OH is 1. The number of aliphatic hydroxyl groups is 1. The van der Waals surface area contributed by atoms with Crippen LogP contribution >= 0.6 is 12.6 Å². The third-order valence-electron chi connectivity index (χ3n) is 4.27. The van der Waals surface area contributed by atoms with Gasteiger partial charge in [-0.3, -0.25) is 19.2 Å². The second-order valence-corrected chi connectivity index (χ2v) is 7.97. The molecule has 0 spiro atoms. The fourth-order valence-electron chi connectivity index (χ4n) is 2.48. The minimum atomic E-state index is -1.32. The van der Waals surface area contributed by atoms with Gasteiger partial charge in [0.25, 0.3) is 0 Å². The number of carbonyl (C=O) groups excluding carboxylic acids is 4. The van der Waals surface area contributed by atoms with Gasteiger partial charge >= 0.3 is 5.97 Å². The molecule has 12 nitrogen and oxygen atoms in total. The molecule has 178 valence electrons. The van der Waals surface area contributed by atoms with E-state index >= 15 is 0 Å². The van der Waals surface area contributed by atoms with Crippen LogP contribution in [0, 0.1) is 5.92 Å². The van der Waals surface area contributed by atoms with Gasteiger partial charge in [-0.1, -0.05) is 13.8 Å². The molecule has 0 fully saturated rings. The zero-order valence-electron chi connectivity index (χ0n) is 17.8. The predicted octanol–water partition coefficient (Wildman–Crippen LogP) is -2.53. The average Bonchev–Trinajstić information content (AvgIpc) is 2.66. The molecular formula is C18H33N5O7S. The maximum Gasteiger partial charge on any atom is 0.327 e. The Labute approximate surface area is 186 Å². The van der Waals surface area contributed by atoms with Crippen LogP contribution in [0.3, 0.4) is 0 Å². The van der Waals surface area contributed by atoms with Crippen LogP contribution < -0.4 is 27.4 Å². The fourth-order valence-corrected chi connectivity index (χ4v) is 2.72. The van der Waals surface area contributed by atoms with E-state index < -0.39 is 59.9 Å². The third-order valence-corrected chi connectivity index (χ3v) is 4.64. The van der Waals surface area contributed by atoms with Crippen LogP contribution in [0.1, 0.15) is 40.0 Å². The first-order chi connectivity index (χ1) is 14.3. The quantitative estimate of drug-likeness (QED) is 0.128. The molecule has 5 atom stereocenters. The molecule has 0 rings (SSSR count). The highest BCUT2D eigenvalue weighted by Gasteiger charge is 2.31. The molecule has 4 amide bonds. The van der Waals surface area contributed by atoms with E-state index in [0.29, 0.717) is 0 Å². The zero-order chi connectivity index (χ0) is 24.3. The third kappa shape index (κ3) is 11.0. The molecule has 0 aromatic heterocycles. The van der Waals surface area contributed by atoms with Crippen molar-refractivity contribution in [3.63, 3.8) is 0 Å². The molecule has 5 unspecified atom stereocenters. The summed E-state index contributed by atoms with van der Waals surface area (Å²) in [4.78, 5) is 59.8. The maximum atomic E-state index is 12.8. The van der Waals surface area contributed by atoms with Crippen LogP contribution in [0.25, 0.3) is 0 Å². The summed E-state index contributed by atoms with van der Waals surface area (Å²) in [6.07, 6.45) is -1.37. The highest BCUT2D eigenvalue weighted by molar-refractivity contribution is 7.80. The molecule has 0 aromatic carbocycles. The Kier molecular flexibility index (Phi) is 12.8. The molecule has 0 heterocycles. The second-order valence-electron chi connectivity index (χ2n) is 7.61. The van der Waals surface area contributed by atoms with Crippen molar-refractivity contribution in [3.05, 3.63) is 0 Å². The predicted molar refractivity (Wildman–Crippen MR) is 115 cm³/mol. The van der Waals surface area contributed by atoms with Crippen LogP contribution in [0.2, 0.25) is 0 Å². The number of carboxylic acids is 1. The zero-order valence-corrected chi connectivity index (χ0v) is 18.7. The van der Waals surface area contributed by atoms with E-state index in [4.69, 9.17) is 16.6 Å². The van der Waals surface area contributed by atoms with Crippen molar-refractivity contribution in [1.29, 1.82) is 0 Å². The van der Waals surface area contributed by atoms with E-state index in [2.05, 4.69) is 28.6 Å². The number of rotatable bonds is 14. The molecule has 0 bridgehead atoms. The highest BCUT2D eigenvalue weighted by atomic mass is 32.1. The summed E-state index contributed by atoms with van der Waals surface area (Å²) in [5.41, 5.74) is 10.7. The van der Waals surface area contributed by atoms with Gasteiger partial charge in [-0.2, -0.15) is 12.6 Å². The number of amides is 4. The molecule has 0 saturated heterocycles. The Morgan fingerprint density at radius 3 is 1.81 bits per heavy atom. The van der Waals surface area contributed by atoms with E-state index in [1.807, 2.05) is 13.8 Å². The lowest BCUT2D eigenvalue weighted by molar-refractivity contribution is -0.141. The molecule has 0 aliphatic carbocycles. The molecule has 0 aliphatic rings. The summed E-state index contributed by atoms with van der Waals surface area (Å²) in [6.45, 7) is 4.94. The van der Waals surface area contributed by atoms with Gasteiger partial charge in [-0.25, -0.2) is 4.79 Å². The van der Waals surface area contributed by atoms with Crippen LogP contribution in [0.4, 0.5) is 0 Å². The first-order valence-electron chi connectivity index (χ1n) is 9.76. The van der Waals surface area contributed by atoms with Crippen LogP contribution in [-0.4, -0.2) is 75.8 Å². The molecule has 0 radical (unpaired) electrons. The normalized spacial score (nSPS) is 15.8. The molecular weight excluding hydrogens is 430 g/mol. The summed E-state index contributed by atoms with van der Waals surface area (Å²) >= 11 is 3.86. The van der Waals surface area contributed by atoms with E-state index in [9.17, 15) is 29.1 Å². The Morgan fingerprint density at radius 2 is 1.39 bits per heavy atom. The van der Waals surface area contributed by atoms with Gasteiger partial charge in [0.05, 0.1) is 6.10 Å². The van der Waals surface area contributed by atoms with Crippen molar-refractivity contribution in [3.8, 4) is 0 Å². The molecule has 0 aliphatic heterocycles. The number of hydrogen-bond acceptors (Lipinski definition) is 8. The van der Waals surface area contributed by atoms with E-state index in [1.165, 1.54) is 6.92 Å². The SMILES string of the molecule is CC(C)CC(NC(=O)C(N)C(C)O)C(=O)NC(CCC(N)=O)C(=O)NC(CS)C(=O)O. The van der Waals surface area contributed by atoms with Crippen molar-refractivity contribution in [1.82, 2.24) is 16.0 Å². The fraction of sp³-hybridized carbons (Fsp3) is 0.722. The number of nitrogens with one attached hydrogen (secondary N) is 3. The highest BCUT2D eigenvalue weighted by Crippen LogP contribution is 2.08. The lowest BCUT2D eigenvalue weighted by atomic mass is 10.0. The smallest absolute Gasteiger partial charge is 0.327 e. The molecule has 0 saturated carbocycles. The van der Waals surface area contributed by atoms with Gasteiger partial charge in [-0.05, 0) is 25.7 Å². The monoisotopic (exact) mass is 463 g/mol.